The maximum absolute atomic E-state index is 13.4. The van der Waals surface area contributed by atoms with Crippen molar-refractivity contribution in [2.75, 3.05) is 7.11 Å². The van der Waals surface area contributed by atoms with Crippen LogP contribution in [0.5, 0.6) is 17.2 Å². The summed E-state index contributed by atoms with van der Waals surface area (Å²) in [5.74, 6) is -1.04. The maximum Gasteiger partial charge on any atom is 0.295 e. The molecule has 2 aliphatic rings. The molecule has 1 saturated heterocycles. The van der Waals surface area contributed by atoms with E-state index in [4.69, 9.17) is 9.47 Å². The highest BCUT2D eigenvalue weighted by molar-refractivity contribution is 9.10. The lowest BCUT2D eigenvalue weighted by molar-refractivity contribution is -0.140. The number of likely N-dealkylation sites (tertiary alicyclic amines) is 1. The molecule has 0 aliphatic carbocycles. The van der Waals surface area contributed by atoms with Crippen molar-refractivity contribution in [1.29, 1.82) is 0 Å². The molecule has 3 heterocycles. The molecule has 1 fully saturated rings. The summed E-state index contributed by atoms with van der Waals surface area (Å²) in [6, 6.07) is 11.0. The Labute approximate surface area is 215 Å². The molecular weight excluding hydrogens is 528 g/mol. The van der Waals surface area contributed by atoms with E-state index in [-0.39, 0.29) is 35.5 Å². The van der Waals surface area contributed by atoms with E-state index in [1.165, 1.54) is 12.0 Å². The van der Waals surface area contributed by atoms with Gasteiger partial charge in [0.2, 0.25) is 0 Å². The Morgan fingerprint density at radius 3 is 2.78 bits per heavy atom. The van der Waals surface area contributed by atoms with Crippen LogP contribution in [0.15, 0.2) is 64.9 Å². The van der Waals surface area contributed by atoms with Gasteiger partial charge in [-0.15, -0.1) is 0 Å². The zero-order chi connectivity index (χ0) is 25.6. The van der Waals surface area contributed by atoms with Gasteiger partial charge in [-0.05, 0) is 75.9 Å². The summed E-state index contributed by atoms with van der Waals surface area (Å²) in [6.45, 7) is 2.05. The van der Waals surface area contributed by atoms with Crippen molar-refractivity contribution in [1.82, 2.24) is 9.88 Å². The molecule has 2 aliphatic heterocycles. The van der Waals surface area contributed by atoms with Crippen LogP contribution in [0, 0.1) is 0 Å². The van der Waals surface area contributed by atoms with Crippen molar-refractivity contribution < 1.29 is 29.3 Å². The number of rotatable bonds is 5. The fraction of sp³-hybridized carbons (Fsp3) is 0.222. The first-order valence-electron chi connectivity index (χ1n) is 11.3. The predicted octanol–water partition coefficient (Wildman–Crippen LogP) is 4.50. The Hall–Kier alpha value is -3.85. The largest absolute Gasteiger partial charge is 0.507 e. The minimum atomic E-state index is -0.931. The summed E-state index contributed by atoms with van der Waals surface area (Å²) >= 11 is 3.32. The van der Waals surface area contributed by atoms with Crippen molar-refractivity contribution in [2.45, 2.75) is 32.0 Å². The minimum Gasteiger partial charge on any atom is -0.507 e. The van der Waals surface area contributed by atoms with Crippen LogP contribution in [-0.4, -0.2) is 45.0 Å². The average molecular weight is 551 g/mol. The molecule has 184 valence electrons. The average Bonchev–Trinajstić information content (AvgIpc) is 3.37. The van der Waals surface area contributed by atoms with Gasteiger partial charge in [-0.25, -0.2) is 0 Å². The number of phenols is 1. The van der Waals surface area contributed by atoms with Crippen LogP contribution in [0.4, 0.5) is 0 Å². The molecule has 36 heavy (non-hydrogen) atoms. The van der Waals surface area contributed by atoms with Crippen LogP contribution in [0.1, 0.15) is 35.2 Å². The van der Waals surface area contributed by atoms with E-state index in [0.29, 0.717) is 22.0 Å². The SMILES string of the molecule is COc1cc([C@H]2C(=C(O)c3ccc4c(c3)C[C@@H](C)O4)C(=O)C(=O)N2Cc2cccnc2)cc(Br)c1O. The fourth-order valence-corrected chi connectivity index (χ4v) is 5.17. The number of Topliss-reactive ketones (excluding diaryl/α,β-unsaturated/α-hetero) is 1. The number of ether oxygens (including phenoxy) is 2. The first-order chi connectivity index (χ1) is 17.3. The normalized spacial score (nSPS) is 20.4. The van der Waals surface area contributed by atoms with Crippen molar-refractivity contribution in [3.63, 3.8) is 0 Å². The third-order valence-corrected chi connectivity index (χ3v) is 6.98. The number of ketones is 1. The standard InChI is InChI=1S/C27H23BrN2O6/c1-14-8-17-9-16(5-6-20(17)36-14)24(31)22-23(18-10-19(28)25(32)21(11-18)35-2)30(27(34)26(22)33)13-15-4-3-7-29-12-15/h3-7,9-12,14,23,31-32H,8,13H2,1-2H3/t14-,23+/m1/s1. The van der Waals surface area contributed by atoms with Crippen molar-refractivity contribution in [2.24, 2.45) is 0 Å². The van der Waals surface area contributed by atoms with Gasteiger partial charge < -0.3 is 24.6 Å². The molecule has 3 aromatic rings. The number of carbonyl (C=O) groups excluding carboxylic acids is 2. The monoisotopic (exact) mass is 550 g/mol. The van der Waals surface area contributed by atoms with Crippen LogP contribution < -0.4 is 9.47 Å². The number of pyridine rings is 1. The molecule has 5 rings (SSSR count). The maximum atomic E-state index is 13.4. The molecule has 1 amide bonds. The number of amides is 1. The van der Waals surface area contributed by atoms with E-state index in [9.17, 15) is 19.8 Å². The molecule has 0 spiro atoms. The quantitative estimate of drug-likeness (QED) is 0.273. The van der Waals surface area contributed by atoms with E-state index >= 15 is 0 Å². The summed E-state index contributed by atoms with van der Waals surface area (Å²) in [7, 11) is 1.41. The highest BCUT2D eigenvalue weighted by atomic mass is 79.9. The van der Waals surface area contributed by atoms with Crippen molar-refractivity contribution in [3.8, 4) is 17.2 Å². The Morgan fingerprint density at radius 2 is 2.06 bits per heavy atom. The van der Waals surface area contributed by atoms with Gasteiger partial charge in [0, 0.05) is 30.9 Å². The molecule has 2 N–H and O–H groups in total. The highest BCUT2D eigenvalue weighted by Gasteiger charge is 2.46. The number of hydrogen-bond acceptors (Lipinski definition) is 7. The second kappa shape index (κ2) is 9.31. The second-order valence-corrected chi connectivity index (χ2v) is 9.65. The van der Waals surface area contributed by atoms with Crippen LogP contribution >= 0.6 is 15.9 Å². The van der Waals surface area contributed by atoms with E-state index in [2.05, 4.69) is 20.9 Å². The smallest absolute Gasteiger partial charge is 0.295 e. The minimum absolute atomic E-state index is 0.0178. The van der Waals surface area contributed by atoms with Crippen molar-refractivity contribution in [3.05, 3.63) is 87.2 Å². The Kier molecular flexibility index (Phi) is 6.17. The summed E-state index contributed by atoms with van der Waals surface area (Å²) < 4.78 is 11.4. The van der Waals surface area contributed by atoms with Gasteiger partial charge >= 0.3 is 0 Å². The van der Waals surface area contributed by atoms with Crippen LogP contribution in [0.3, 0.4) is 0 Å². The van der Waals surface area contributed by atoms with Gasteiger partial charge in [0.15, 0.2) is 11.5 Å². The molecule has 1 aromatic heterocycles. The number of hydrogen-bond donors (Lipinski definition) is 2. The Morgan fingerprint density at radius 1 is 1.25 bits per heavy atom. The zero-order valence-corrected chi connectivity index (χ0v) is 21.2. The first kappa shape index (κ1) is 23.9. The molecule has 0 unspecified atom stereocenters. The number of aromatic nitrogens is 1. The summed E-state index contributed by atoms with van der Waals surface area (Å²) in [6.07, 6.45) is 3.93. The topological polar surface area (TPSA) is 109 Å². The molecule has 0 bridgehead atoms. The number of aliphatic hydroxyl groups is 1. The summed E-state index contributed by atoms with van der Waals surface area (Å²) in [5, 5.41) is 21.7. The van der Waals surface area contributed by atoms with Gasteiger partial charge in [0.1, 0.15) is 17.6 Å². The number of aromatic hydroxyl groups is 1. The molecule has 0 saturated carbocycles. The summed E-state index contributed by atoms with van der Waals surface area (Å²) in [5.41, 5.74) is 2.50. The molecule has 2 atom stereocenters. The van der Waals surface area contributed by atoms with E-state index < -0.39 is 17.7 Å². The van der Waals surface area contributed by atoms with Gasteiger partial charge in [-0.1, -0.05) is 6.07 Å². The van der Waals surface area contributed by atoms with E-state index in [1.54, 1.807) is 54.9 Å². The second-order valence-electron chi connectivity index (χ2n) is 8.80. The molecular formula is C27H23BrN2O6. The third kappa shape index (κ3) is 4.09. The van der Waals surface area contributed by atoms with Crippen LogP contribution in [-0.2, 0) is 22.6 Å². The number of halogens is 1. The number of nitrogens with zero attached hydrogens (tertiary/aromatic N) is 2. The Bertz CT molecular complexity index is 1400. The zero-order valence-electron chi connectivity index (χ0n) is 19.6. The van der Waals surface area contributed by atoms with Gasteiger partial charge in [0.05, 0.1) is 23.2 Å². The first-order valence-corrected chi connectivity index (χ1v) is 12.1. The Balaban J connectivity index is 1.68. The van der Waals surface area contributed by atoms with Crippen LogP contribution in [0.25, 0.3) is 5.76 Å². The number of aliphatic hydroxyl groups excluding tert-OH is 1. The van der Waals surface area contributed by atoms with Gasteiger partial charge in [-0.3, -0.25) is 14.6 Å². The fourth-order valence-electron chi connectivity index (χ4n) is 4.71. The molecule has 2 aromatic carbocycles. The summed E-state index contributed by atoms with van der Waals surface area (Å²) in [4.78, 5) is 32.1. The number of phenolic OH excluding ortho intramolecular Hbond substituents is 1. The lowest BCUT2D eigenvalue weighted by Gasteiger charge is -2.26. The van der Waals surface area contributed by atoms with Gasteiger partial charge in [-0.2, -0.15) is 0 Å². The third-order valence-electron chi connectivity index (χ3n) is 6.37. The lowest BCUT2D eigenvalue weighted by Crippen LogP contribution is -2.29. The number of benzene rings is 2. The molecule has 0 radical (unpaired) electrons. The van der Waals surface area contributed by atoms with E-state index in [0.717, 1.165) is 16.9 Å². The van der Waals surface area contributed by atoms with Crippen LogP contribution in [0.2, 0.25) is 0 Å². The van der Waals surface area contributed by atoms with E-state index in [1.807, 2.05) is 6.92 Å². The number of carbonyl (C=O) groups is 2. The number of methoxy groups -OCH3 is 1. The highest BCUT2D eigenvalue weighted by Crippen LogP contribution is 2.45. The van der Waals surface area contributed by atoms with Gasteiger partial charge in [0.25, 0.3) is 11.7 Å². The lowest BCUT2D eigenvalue weighted by atomic mass is 9.94. The van der Waals surface area contributed by atoms with Crippen molar-refractivity contribution >= 4 is 33.4 Å². The number of fused-ring (bicyclic) bond motifs is 1. The molecule has 8 nitrogen and oxygen atoms in total. The molecule has 9 heteroatoms. The predicted molar refractivity (Wildman–Crippen MR) is 135 cm³/mol.